The highest BCUT2D eigenvalue weighted by Gasteiger charge is 2.13. The van der Waals surface area contributed by atoms with Crippen molar-refractivity contribution >= 4 is 11.4 Å². The van der Waals surface area contributed by atoms with Crippen LogP contribution in [0.15, 0.2) is 35.5 Å². The van der Waals surface area contributed by atoms with Crippen LogP contribution in [-0.4, -0.2) is 7.05 Å². The van der Waals surface area contributed by atoms with Crippen LogP contribution in [0.25, 0.3) is 0 Å². The molecule has 0 saturated carbocycles. The van der Waals surface area contributed by atoms with Gasteiger partial charge in [-0.2, -0.15) is 0 Å². The second-order valence-corrected chi connectivity index (χ2v) is 5.47. The normalized spacial score (nSPS) is 10.4. The van der Waals surface area contributed by atoms with E-state index in [1.807, 2.05) is 26.0 Å². The fraction of sp³-hybridized carbons (Fsp3) is 0.294. The number of anilines is 1. The Hall–Kier alpha value is -2.40. The van der Waals surface area contributed by atoms with Crippen LogP contribution in [0, 0.1) is 25.7 Å². The summed E-state index contributed by atoms with van der Waals surface area (Å²) < 4.78 is 5.91. The SMILES string of the molecule is Cc1cc(C)c(OCc2c(N=O)cccc2N(C)N)cc1C. The monoisotopic (exact) mass is 299 g/mol. The van der Waals surface area contributed by atoms with Gasteiger partial charge in [0.2, 0.25) is 0 Å². The van der Waals surface area contributed by atoms with Crippen molar-refractivity contribution in [2.24, 2.45) is 11.0 Å². The van der Waals surface area contributed by atoms with Gasteiger partial charge in [0.25, 0.3) is 0 Å². The highest BCUT2D eigenvalue weighted by atomic mass is 16.5. The molecule has 0 bridgehead atoms. The number of rotatable bonds is 5. The van der Waals surface area contributed by atoms with Gasteiger partial charge in [-0.15, -0.1) is 4.91 Å². The number of benzene rings is 2. The van der Waals surface area contributed by atoms with Gasteiger partial charge < -0.3 is 9.75 Å². The Morgan fingerprint density at radius 1 is 1.14 bits per heavy atom. The lowest BCUT2D eigenvalue weighted by molar-refractivity contribution is 0.304. The molecule has 5 nitrogen and oxygen atoms in total. The molecule has 0 aromatic heterocycles. The van der Waals surface area contributed by atoms with Crippen molar-refractivity contribution in [3.8, 4) is 5.75 Å². The lowest BCUT2D eigenvalue weighted by Gasteiger charge is -2.19. The van der Waals surface area contributed by atoms with E-state index in [1.54, 1.807) is 19.2 Å². The molecule has 0 amide bonds. The molecule has 2 rings (SSSR count). The smallest absolute Gasteiger partial charge is 0.123 e. The van der Waals surface area contributed by atoms with Crippen LogP contribution in [0.1, 0.15) is 22.3 Å². The molecule has 2 N–H and O–H groups in total. The number of hydrazine groups is 1. The van der Waals surface area contributed by atoms with Gasteiger partial charge in [0.15, 0.2) is 0 Å². The molecule has 22 heavy (non-hydrogen) atoms. The van der Waals surface area contributed by atoms with Gasteiger partial charge >= 0.3 is 0 Å². The summed E-state index contributed by atoms with van der Waals surface area (Å²) in [6.45, 7) is 6.35. The zero-order valence-electron chi connectivity index (χ0n) is 13.4. The average molecular weight is 299 g/mol. The van der Waals surface area contributed by atoms with E-state index in [0.29, 0.717) is 11.3 Å². The van der Waals surface area contributed by atoms with Gasteiger partial charge in [-0.3, -0.25) is 0 Å². The molecule has 0 heterocycles. The largest absolute Gasteiger partial charge is 0.488 e. The highest BCUT2D eigenvalue weighted by molar-refractivity contribution is 5.63. The first-order valence-corrected chi connectivity index (χ1v) is 7.08. The van der Waals surface area contributed by atoms with Crippen molar-refractivity contribution in [2.45, 2.75) is 27.4 Å². The van der Waals surface area contributed by atoms with E-state index >= 15 is 0 Å². The molecule has 2 aromatic rings. The molecular weight excluding hydrogens is 278 g/mol. The Bertz CT molecular complexity index is 697. The number of nitrogens with zero attached hydrogens (tertiary/aromatic N) is 2. The molecule has 0 fully saturated rings. The fourth-order valence-corrected chi connectivity index (χ4v) is 2.37. The van der Waals surface area contributed by atoms with Gasteiger partial charge in [-0.1, -0.05) is 12.1 Å². The molecule has 0 aliphatic rings. The first kappa shape index (κ1) is 16.0. The second-order valence-electron chi connectivity index (χ2n) is 5.47. The molecule has 0 saturated heterocycles. The second kappa shape index (κ2) is 6.58. The molecule has 0 unspecified atom stereocenters. The number of ether oxygens (including phenoxy) is 1. The summed E-state index contributed by atoms with van der Waals surface area (Å²) >= 11 is 0. The van der Waals surface area contributed by atoms with Crippen LogP contribution in [0.5, 0.6) is 5.75 Å². The molecule has 2 aromatic carbocycles. The van der Waals surface area contributed by atoms with Crippen LogP contribution in [-0.2, 0) is 6.61 Å². The van der Waals surface area contributed by atoms with E-state index < -0.39 is 0 Å². The number of hydrogen-bond acceptors (Lipinski definition) is 5. The summed E-state index contributed by atoms with van der Waals surface area (Å²) in [5, 5.41) is 4.53. The third kappa shape index (κ3) is 3.26. The van der Waals surface area contributed by atoms with Crippen LogP contribution >= 0.6 is 0 Å². The van der Waals surface area contributed by atoms with Gasteiger partial charge in [-0.05, 0) is 60.8 Å². The summed E-state index contributed by atoms with van der Waals surface area (Å²) in [5.41, 5.74) is 5.19. The summed E-state index contributed by atoms with van der Waals surface area (Å²) in [4.78, 5) is 11.0. The van der Waals surface area contributed by atoms with E-state index in [1.165, 1.54) is 16.1 Å². The van der Waals surface area contributed by atoms with Gasteiger partial charge in [0.05, 0.1) is 5.69 Å². The third-order valence-corrected chi connectivity index (χ3v) is 3.77. The fourth-order valence-electron chi connectivity index (χ4n) is 2.37. The lowest BCUT2D eigenvalue weighted by atomic mass is 10.1. The van der Waals surface area contributed by atoms with Crippen LogP contribution in [0.3, 0.4) is 0 Å². The Balaban J connectivity index is 2.32. The van der Waals surface area contributed by atoms with Crippen molar-refractivity contribution in [3.05, 3.63) is 57.5 Å². The topological polar surface area (TPSA) is 67.9 Å². The summed E-state index contributed by atoms with van der Waals surface area (Å²) in [6.07, 6.45) is 0. The number of hydrogen-bond donors (Lipinski definition) is 1. The van der Waals surface area contributed by atoms with Crippen molar-refractivity contribution in [1.82, 2.24) is 0 Å². The van der Waals surface area contributed by atoms with Crippen LogP contribution in [0.2, 0.25) is 0 Å². The quantitative estimate of drug-likeness (QED) is 0.516. The van der Waals surface area contributed by atoms with Crippen molar-refractivity contribution in [2.75, 3.05) is 12.1 Å². The third-order valence-electron chi connectivity index (χ3n) is 3.77. The highest BCUT2D eigenvalue weighted by Crippen LogP contribution is 2.30. The maximum absolute atomic E-state index is 11.0. The minimum atomic E-state index is 0.238. The van der Waals surface area contributed by atoms with Gasteiger partial charge in [0.1, 0.15) is 18.0 Å². The molecule has 116 valence electrons. The summed E-state index contributed by atoms with van der Waals surface area (Å²) in [7, 11) is 1.72. The molecule has 0 radical (unpaired) electrons. The molecule has 0 spiro atoms. The zero-order chi connectivity index (χ0) is 16.3. The maximum Gasteiger partial charge on any atom is 0.123 e. The standard InChI is InChI=1S/C17H21N3O2/c1-11-8-13(3)17(9-12(11)2)22-10-14-15(19-21)6-5-7-16(14)20(4)18/h5-9H,10,18H2,1-4H3. The number of aryl methyl sites for hydroxylation is 3. The number of nitroso groups, excluding NO2 is 1. The van der Waals surface area contributed by atoms with Crippen molar-refractivity contribution < 1.29 is 4.74 Å². The Morgan fingerprint density at radius 2 is 1.82 bits per heavy atom. The Kier molecular flexibility index (Phi) is 4.78. The van der Waals surface area contributed by atoms with Crippen molar-refractivity contribution in [1.29, 1.82) is 0 Å². The maximum atomic E-state index is 11.0. The van der Waals surface area contributed by atoms with E-state index in [9.17, 15) is 4.91 Å². The minimum Gasteiger partial charge on any atom is -0.488 e. The Labute approximate surface area is 130 Å². The van der Waals surface area contributed by atoms with E-state index in [4.69, 9.17) is 10.6 Å². The lowest BCUT2D eigenvalue weighted by Crippen LogP contribution is -2.26. The number of nitrogens with two attached hydrogens (primary N) is 1. The molecule has 0 atom stereocenters. The average Bonchev–Trinajstić information content (AvgIpc) is 2.49. The predicted octanol–water partition coefficient (Wildman–Crippen LogP) is 3.90. The van der Waals surface area contributed by atoms with Crippen molar-refractivity contribution in [3.63, 3.8) is 0 Å². The summed E-state index contributed by atoms with van der Waals surface area (Å²) in [6, 6.07) is 9.34. The summed E-state index contributed by atoms with van der Waals surface area (Å²) in [5.74, 6) is 6.62. The molecular formula is C17H21N3O2. The van der Waals surface area contributed by atoms with Gasteiger partial charge in [0, 0.05) is 12.6 Å². The van der Waals surface area contributed by atoms with E-state index in [0.717, 1.165) is 17.0 Å². The predicted molar refractivity (Wildman–Crippen MR) is 89.5 cm³/mol. The minimum absolute atomic E-state index is 0.238. The van der Waals surface area contributed by atoms with E-state index in [2.05, 4.69) is 18.2 Å². The molecule has 0 aliphatic heterocycles. The first-order valence-electron chi connectivity index (χ1n) is 7.08. The Morgan fingerprint density at radius 3 is 2.45 bits per heavy atom. The van der Waals surface area contributed by atoms with Gasteiger partial charge in [-0.25, -0.2) is 5.84 Å². The molecule has 0 aliphatic carbocycles. The van der Waals surface area contributed by atoms with Crippen LogP contribution in [0.4, 0.5) is 11.4 Å². The van der Waals surface area contributed by atoms with E-state index in [-0.39, 0.29) is 6.61 Å². The first-order chi connectivity index (χ1) is 10.4. The molecule has 5 heteroatoms. The zero-order valence-corrected chi connectivity index (χ0v) is 13.4. The van der Waals surface area contributed by atoms with Crippen LogP contribution < -0.4 is 15.6 Å².